The number of methoxy groups -OCH3 is 4. The molecule has 0 aliphatic heterocycles. The van der Waals surface area contributed by atoms with E-state index >= 15 is 0 Å². The second-order valence-electron chi connectivity index (χ2n) is 7.02. The Morgan fingerprint density at radius 2 is 1.56 bits per heavy atom. The van der Waals surface area contributed by atoms with Crippen molar-refractivity contribution in [2.24, 2.45) is 17.2 Å². The maximum absolute atomic E-state index is 10.3. The molecule has 0 heterocycles. The average molecular weight is 544 g/mol. The highest BCUT2D eigenvalue weighted by Crippen LogP contribution is 2.40. The van der Waals surface area contributed by atoms with Gasteiger partial charge in [-0.05, 0) is 60.9 Å². The second-order valence-corrected chi connectivity index (χ2v) is 7.02. The van der Waals surface area contributed by atoms with E-state index in [1.54, 1.807) is 37.5 Å². The molecule has 200 valence electrons. The molecular weight excluding hydrogens is 509 g/mol. The van der Waals surface area contributed by atoms with Crippen LogP contribution in [0.5, 0.6) is 23.0 Å². The van der Waals surface area contributed by atoms with E-state index in [4.69, 9.17) is 41.9 Å². The summed E-state index contributed by atoms with van der Waals surface area (Å²) in [7, 11) is 6.14. The molecule has 1 amide bonds. The Morgan fingerprint density at radius 3 is 1.94 bits per heavy atom. The summed E-state index contributed by atoms with van der Waals surface area (Å²) in [6.45, 7) is 0.557. The maximum atomic E-state index is 10.3. The number of carbonyl (C=O) groups excluding carboxylic acids is 1. The van der Waals surface area contributed by atoms with Crippen LogP contribution >= 0.6 is 24.8 Å². The molecular formula is C24H35Cl2N5O5. The quantitative estimate of drug-likeness (QED) is 0.199. The van der Waals surface area contributed by atoms with Crippen LogP contribution in [-0.4, -0.2) is 46.9 Å². The van der Waals surface area contributed by atoms with Gasteiger partial charge in [0.15, 0.2) is 11.5 Å². The summed E-state index contributed by atoms with van der Waals surface area (Å²) >= 11 is 0. The van der Waals surface area contributed by atoms with E-state index < -0.39 is 11.9 Å². The Hall–Kier alpha value is -3.36. The zero-order chi connectivity index (χ0) is 25.7. The van der Waals surface area contributed by atoms with Gasteiger partial charge in [0, 0.05) is 0 Å². The molecule has 36 heavy (non-hydrogen) atoms. The van der Waals surface area contributed by atoms with Crippen molar-refractivity contribution in [3.63, 3.8) is 0 Å². The van der Waals surface area contributed by atoms with Crippen molar-refractivity contribution in [2.45, 2.75) is 18.9 Å². The fourth-order valence-corrected chi connectivity index (χ4v) is 2.91. The fourth-order valence-electron chi connectivity index (χ4n) is 2.91. The highest BCUT2D eigenvalue weighted by atomic mass is 35.5. The number of primary amides is 1. The minimum Gasteiger partial charge on any atom is -0.495 e. The van der Waals surface area contributed by atoms with E-state index in [1.165, 1.54) is 21.3 Å². The number of rotatable bonds is 10. The molecule has 2 aromatic rings. The van der Waals surface area contributed by atoms with Crippen molar-refractivity contribution in [1.29, 1.82) is 5.26 Å². The number of anilines is 1. The Balaban J connectivity index is 0. The lowest BCUT2D eigenvalue weighted by molar-refractivity contribution is -0.119. The van der Waals surface area contributed by atoms with Crippen LogP contribution in [0.2, 0.25) is 0 Å². The fraction of sp³-hybridized carbons (Fsp3) is 0.333. The minimum absolute atomic E-state index is 0. The van der Waals surface area contributed by atoms with Crippen LogP contribution in [0.25, 0.3) is 11.6 Å². The molecule has 0 aliphatic carbocycles. The lowest BCUT2D eigenvalue weighted by Gasteiger charge is -2.14. The van der Waals surface area contributed by atoms with Gasteiger partial charge in [0.2, 0.25) is 11.7 Å². The number of nitrogens with two attached hydrogens (primary N) is 4. The molecule has 0 radical (unpaired) electrons. The summed E-state index contributed by atoms with van der Waals surface area (Å²) in [4.78, 5) is 10.3. The molecule has 0 saturated carbocycles. The monoisotopic (exact) mass is 543 g/mol. The van der Waals surface area contributed by atoms with E-state index in [0.29, 0.717) is 52.8 Å². The SMILES string of the molecule is COc1ccc(C=C(C#N)c2cc(OC)c(OC)c(OC)c2)cc1N.Cl.Cl.NCCC[C@H](N)C(N)=O. The number of nitrogens with zero attached hydrogens (tertiary/aromatic N) is 1. The van der Waals surface area contributed by atoms with Crippen molar-refractivity contribution in [2.75, 3.05) is 40.7 Å². The molecule has 0 bridgehead atoms. The van der Waals surface area contributed by atoms with Crippen LogP contribution in [0.4, 0.5) is 5.69 Å². The van der Waals surface area contributed by atoms with Crippen molar-refractivity contribution < 1.29 is 23.7 Å². The van der Waals surface area contributed by atoms with Gasteiger partial charge in [-0.1, -0.05) is 6.07 Å². The summed E-state index contributed by atoms with van der Waals surface area (Å²) in [6.07, 6.45) is 3.08. The number of benzene rings is 2. The number of hydrogen-bond donors (Lipinski definition) is 4. The lowest BCUT2D eigenvalue weighted by Crippen LogP contribution is -2.36. The number of allylic oxidation sites excluding steroid dienone is 1. The van der Waals surface area contributed by atoms with Crippen LogP contribution in [-0.2, 0) is 4.79 Å². The van der Waals surface area contributed by atoms with Crippen LogP contribution in [0, 0.1) is 11.3 Å². The molecule has 1 atom stereocenters. The molecule has 0 unspecified atom stereocenters. The number of halogens is 2. The van der Waals surface area contributed by atoms with Gasteiger partial charge >= 0.3 is 0 Å². The number of hydrogen-bond acceptors (Lipinski definition) is 9. The van der Waals surface area contributed by atoms with Gasteiger partial charge in [-0.2, -0.15) is 5.26 Å². The van der Waals surface area contributed by atoms with E-state index in [9.17, 15) is 10.1 Å². The number of carbonyl (C=O) groups is 1. The van der Waals surface area contributed by atoms with E-state index in [0.717, 1.165) is 12.0 Å². The summed E-state index contributed by atoms with van der Waals surface area (Å²) in [5.41, 5.74) is 23.6. The van der Waals surface area contributed by atoms with E-state index in [1.807, 2.05) is 6.07 Å². The maximum Gasteiger partial charge on any atom is 0.234 e. The molecule has 12 heteroatoms. The number of ether oxygens (including phenoxy) is 4. The molecule has 0 saturated heterocycles. The molecule has 8 N–H and O–H groups in total. The van der Waals surface area contributed by atoms with Crippen LogP contribution < -0.4 is 41.9 Å². The third-order valence-electron chi connectivity index (χ3n) is 4.75. The van der Waals surface area contributed by atoms with Crippen molar-refractivity contribution >= 4 is 48.1 Å². The first kappa shape index (κ1) is 34.8. The highest BCUT2D eigenvalue weighted by molar-refractivity contribution is 5.91. The third-order valence-corrected chi connectivity index (χ3v) is 4.75. The van der Waals surface area contributed by atoms with Gasteiger partial charge in [-0.25, -0.2) is 0 Å². The normalized spacial score (nSPS) is 10.8. The van der Waals surface area contributed by atoms with Crippen molar-refractivity contribution in [3.05, 3.63) is 41.5 Å². The van der Waals surface area contributed by atoms with Crippen LogP contribution in [0.3, 0.4) is 0 Å². The average Bonchev–Trinajstić information content (AvgIpc) is 2.85. The van der Waals surface area contributed by atoms with E-state index in [2.05, 4.69) is 6.07 Å². The third kappa shape index (κ3) is 10.1. The topological polar surface area (TPSA) is 182 Å². The van der Waals surface area contributed by atoms with Gasteiger partial charge in [0.05, 0.1) is 51.8 Å². The molecule has 0 aliphatic rings. The standard InChI is InChI=1S/C19H20N2O4.C5H13N3O.2ClH/c1-22-16-6-5-12(8-15(16)21)7-14(11-20)13-9-17(23-2)19(25-4)18(10-13)24-3;6-3-1-2-4(7)5(8)9;;/h5-10H,21H2,1-4H3;4H,1-3,6-7H2,(H2,8,9);2*1H/t;4-;;/m.0../s1. The first-order valence-corrected chi connectivity index (χ1v) is 10.4. The second kappa shape index (κ2) is 18.0. The summed E-state index contributed by atoms with van der Waals surface area (Å²) in [5.74, 6) is 1.56. The molecule has 0 aromatic heterocycles. The minimum atomic E-state index is -0.520. The van der Waals surface area contributed by atoms with Crippen molar-refractivity contribution in [1.82, 2.24) is 0 Å². The zero-order valence-electron chi connectivity index (χ0n) is 20.8. The van der Waals surface area contributed by atoms with Gasteiger partial charge in [-0.3, -0.25) is 4.79 Å². The zero-order valence-corrected chi connectivity index (χ0v) is 22.4. The lowest BCUT2D eigenvalue weighted by atomic mass is 10.0. The molecule has 0 spiro atoms. The van der Waals surface area contributed by atoms with Gasteiger partial charge in [0.1, 0.15) is 5.75 Å². The van der Waals surface area contributed by atoms with E-state index in [-0.39, 0.29) is 24.8 Å². The number of nitriles is 1. The van der Waals surface area contributed by atoms with Gasteiger partial charge in [0.25, 0.3) is 0 Å². The van der Waals surface area contributed by atoms with Crippen LogP contribution in [0.15, 0.2) is 30.3 Å². The van der Waals surface area contributed by atoms with Gasteiger partial charge in [-0.15, -0.1) is 24.8 Å². The predicted molar refractivity (Wildman–Crippen MR) is 147 cm³/mol. The first-order chi connectivity index (χ1) is 16.3. The molecule has 2 aromatic carbocycles. The Kier molecular flexibility index (Phi) is 17.4. The smallest absolute Gasteiger partial charge is 0.234 e. The molecule has 0 fully saturated rings. The highest BCUT2D eigenvalue weighted by Gasteiger charge is 2.15. The predicted octanol–water partition coefficient (Wildman–Crippen LogP) is 2.75. The molecule has 10 nitrogen and oxygen atoms in total. The van der Waals surface area contributed by atoms with Crippen LogP contribution in [0.1, 0.15) is 24.0 Å². The summed E-state index contributed by atoms with van der Waals surface area (Å²) in [5, 5.41) is 9.58. The summed E-state index contributed by atoms with van der Waals surface area (Å²) in [6, 6.07) is 10.4. The molecule has 2 rings (SSSR count). The number of nitrogen functional groups attached to an aromatic ring is 1. The number of amides is 1. The van der Waals surface area contributed by atoms with Gasteiger partial charge < -0.3 is 41.9 Å². The Morgan fingerprint density at radius 1 is 1.00 bits per heavy atom. The van der Waals surface area contributed by atoms with Crippen molar-refractivity contribution in [3.8, 4) is 29.1 Å². The largest absolute Gasteiger partial charge is 0.495 e. The first-order valence-electron chi connectivity index (χ1n) is 10.4. The summed E-state index contributed by atoms with van der Waals surface area (Å²) < 4.78 is 21.1. The Labute approximate surface area is 224 Å². The Bertz CT molecular complexity index is 1020.